The summed E-state index contributed by atoms with van der Waals surface area (Å²) < 4.78 is 41.7. The summed E-state index contributed by atoms with van der Waals surface area (Å²) in [5.74, 6) is 0.641. The van der Waals surface area contributed by atoms with Crippen LogP contribution in [-0.4, -0.2) is 24.4 Å². The number of nitrogens with zero attached hydrogens (tertiary/aromatic N) is 2. The van der Waals surface area contributed by atoms with E-state index in [1.807, 2.05) is 0 Å². The van der Waals surface area contributed by atoms with E-state index in [1.165, 1.54) is 54.6 Å². The zero-order valence-electron chi connectivity index (χ0n) is 18.0. The van der Waals surface area contributed by atoms with E-state index in [2.05, 4.69) is 38.3 Å². The van der Waals surface area contributed by atoms with Gasteiger partial charge in [-0.15, -0.1) is 24.5 Å². The monoisotopic (exact) mass is 461 g/mol. The van der Waals surface area contributed by atoms with Crippen LogP contribution in [0.5, 0.6) is 5.75 Å². The summed E-state index contributed by atoms with van der Waals surface area (Å²) in [5, 5.41) is 0. The van der Waals surface area contributed by atoms with Crippen LogP contribution in [0.15, 0.2) is 42.5 Å². The predicted molar refractivity (Wildman–Crippen MR) is 123 cm³/mol. The van der Waals surface area contributed by atoms with E-state index >= 15 is 0 Å². The van der Waals surface area contributed by atoms with Crippen molar-refractivity contribution in [1.29, 1.82) is 0 Å². The molecule has 2 heterocycles. The largest absolute Gasteiger partial charge is 0.573 e. The van der Waals surface area contributed by atoms with Crippen LogP contribution in [0, 0.1) is 11.4 Å². The van der Waals surface area contributed by atoms with Gasteiger partial charge in [0.15, 0.2) is 5.51 Å². The SMILES string of the molecule is FC(F)(F)Oc1ccc(CCCCCCC2CCN(c3cccc4s[c]nc34)CC2)cc1. The van der Waals surface area contributed by atoms with Gasteiger partial charge in [0.1, 0.15) is 11.3 Å². The Bertz CT molecular complexity index is 979. The highest BCUT2D eigenvalue weighted by atomic mass is 32.1. The van der Waals surface area contributed by atoms with Crippen molar-refractivity contribution in [3.8, 4) is 5.75 Å². The Morgan fingerprint density at radius 1 is 1.00 bits per heavy atom. The number of unbranched alkanes of at least 4 members (excludes halogenated alkanes) is 3. The standard InChI is InChI=1S/C25H28F3N2OS/c26-25(27,28)31-21-12-10-19(11-13-21)6-3-1-2-4-7-20-14-16-30(17-15-20)22-8-5-9-23-24(22)29-18-32-23/h5,8-13,20H,1-4,6-7,14-17H2. The molecule has 2 aromatic carbocycles. The molecule has 7 heteroatoms. The number of ether oxygens (including phenoxy) is 1. The Kier molecular flexibility index (Phi) is 7.55. The Balaban J connectivity index is 1.10. The number of hydrogen-bond donors (Lipinski definition) is 0. The number of aromatic nitrogens is 1. The molecule has 0 unspecified atom stereocenters. The lowest BCUT2D eigenvalue weighted by Gasteiger charge is -2.33. The number of anilines is 1. The molecular formula is C25H28F3N2OS. The third kappa shape index (κ3) is 6.37. The predicted octanol–water partition coefficient (Wildman–Crippen LogP) is 7.40. The number of rotatable bonds is 9. The van der Waals surface area contributed by atoms with Gasteiger partial charge in [-0.25, -0.2) is 4.98 Å². The molecule has 3 aromatic rings. The second-order valence-electron chi connectivity index (χ2n) is 8.50. The van der Waals surface area contributed by atoms with Gasteiger partial charge in [0.25, 0.3) is 0 Å². The maximum atomic E-state index is 12.2. The summed E-state index contributed by atoms with van der Waals surface area (Å²) >= 11 is 1.58. The van der Waals surface area contributed by atoms with Gasteiger partial charge in [-0.1, -0.05) is 43.9 Å². The summed E-state index contributed by atoms with van der Waals surface area (Å²) in [6, 6.07) is 12.6. The average molecular weight is 462 g/mol. The van der Waals surface area contributed by atoms with Crippen molar-refractivity contribution in [3.63, 3.8) is 0 Å². The molecule has 0 amide bonds. The highest BCUT2D eigenvalue weighted by Gasteiger charge is 2.30. The molecule has 0 bridgehead atoms. The van der Waals surface area contributed by atoms with Crippen LogP contribution in [0.2, 0.25) is 0 Å². The molecule has 0 saturated carbocycles. The van der Waals surface area contributed by atoms with Gasteiger partial charge in [-0.05, 0) is 61.4 Å². The van der Waals surface area contributed by atoms with E-state index in [4.69, 9.17) is 0 Å². The zero-order valence-corrected chi connectivity index (χ0v) is 18.9. The number of fused-ring (bicyclic) bond motifs is 1. The van der Waals surface area contributed by atoms with Crippen LogP contribution in [-0.2, 0) is 6.42 Å². The number of thiazole rings is 1. The summed E-state index contributed by atoms with van der Waals surface area (Å²) in [6.07, 6.45) is 4.69. The third-order valence-electron chi connectivity index (χ3n) is 6.23. The van der Waals surface area contributed by atoms with Crippen LogP contribution in [0.1, 0.15) is 50.5 Å². The minimum Gasteiger partial charge on any atom is -0.406 e. The first-order valence-electron chi connectivity index (χ1n) is 11.3. The zero-order chi connectivity index (χ0) is 22.4. The van der Waals surface area contributed by atoms with E-state index in [-0.39, 0.29) is 5.75 Å². The van der Waals surface area contributed by atoms with Gasteiger partial charge in [0.05, 0.1) is 10.4 Å². The van der Waals surface area contributed by atoms with Crippen LogP contribution >= 0.6 is 11.3 Å². The number of para-hydroxylation sites is 1. The van der Waals surface area contributed by atoms with Crippen LogP contribution in [0.4, 0.5) is 18.9 Å². The van der Waals surface area contributed by atoms with Gasteiger partial charge < -0.3 is 9.64 Å². The van der Waals surface area contributed by atoms with Gasteiger partial charge in [-0.2, -0.15) is 0 Å². The molecule has 1 fully saturated rings. The molecule has 4 rings (SSSR count). The number of piperidine rings is 1. The Morgan fingerprint density at radius 3 is 2.50 bits per heavy atom. The third-order valence-corrected chi connectivity index (χ3v) is 6.96. The molecule has 1 aliphatic rings. The second-order valence-corrected chi connectivity index (χ2v) is 9.33. The van der Waals surface area contributed by atoms with Gasteiger partial charge in [-0.3, -0.25) is 0 Å². The molecule has 1 aliphatic heterocycles. The molecule has 32 heavy (non-hydrogen) atoms. The maximum Gasteiger partial charge on any atom is 0.573 e. The molecule has 0 aliphatic carbocycles. The topological polar surface area (TPSA) is 25.4 Å². The lowest BCUT2D eigenvalue weighted by atomic mass is 9.90. The lowest BCUT2D eigenvalue weighted by Crippen LogP contribution is -2.33. The Labute approximate surface area is 191 Å². The fourth-order valence-electron chi connectivity index (χ4n) is 4.51. The summed E-state index contributed by atoms with van der Waals surface area (Å²) in [5.41, 5.74) is 6.39. The number of benzene rings is 2. The van der Waals surface area contributed by atoms with E-state index in [0.29, 0.717) is 0 Å². The molecule has 1 radical (unpaired) electrons. The van der Waals surface area contributed by atoms with Crippen molar-refractivity contribution in [3.05, 3.63) is 53.5 Å². The minimum atomic E-state index is -4.63. The summed E-state index contributed by atoms with van der Waals surface area (Å²) in [4.78, 5) is 6.90. The Hall–Kier alpha value is -2.28. The fourth-order valence-corrected chi connectivity index (χ4v) is 5.14. The van der Waals surface area contributed by atoms with E-state index < -0.39 is 6.36 Å². The van der Waals surface area contributed by atoms with Crippen molar-refractivity contribution in [2.24, 2.45) is 5.92 Å². The molecule has 0 spiro atoms. The maximum absolute atomic E-state index is 12.2. The smallest absolute Gasteiger partial charge is 0.406 e. The van der Waals surface area contributed by atoms with Crippen LogP contribution in [0.3, 0.4) is 0 Å². The molecule has 1 saturated heterocycles. The van der Waals surface area contributed by atoms with Gasteiger partial charge in [0.2, 0.25) is 0 Å². The number of halogens is 3. The number of aryl methyl sites for hydroxylation is 1. The van der Waals surface area contributed by atoms with Crippen LogP contribution < -0.4 is 9.64 Å². The van der Waals surface area contributed by atoms with E-state index in [0.717, 1.165) is 49.4 Å². The first kappa shape index (κ1) is 22.9. The van der Waals surface area contributed by atoms with E-state index in [1.54, 1.807) is 23.5 Å². The summed E-state index contributed by atoms with van der Waals surface area (Å²) in [7, 11) is 0. The van der Waals surface area contributed by atoms with Crippen molar-refractivity contribution in [1.82, 2.24) is 4.98 Å². The molecule has 3 nitrogen and oxygen atoms in total. The molecule has 171 valence electrons. The molecule has 0 N–H and O–H groups in total. The normalized spacial score (nSPS) is 15.4. The second kappa shape index (κ2) is 10.6. The quantitative estimate of drug-likeness (QED) is 0.310. The molecular weight excluding hydrogens is 433 g/mol. The Morgan fingerprint density at radius 2 is 1.75 bits per heavy atom. The number of hydrogen-bond acceptors (Lipinski definition) is 4. The lowest BCUT2D eigenvalue weighted by molar-refractivity contribution is -0.274. The average Bonchev–Trinajstić information content (AvgIpc) is 3.26. The van der Waals surface area contributed by atoms with E-state index in [9.17, 15) is 13.2 Å². The van der Waals surface area contributed by atoms with Crippen LogP contribution in [0.25, 0.3) is 10.2 Å². The minimum absolute atomic E-state index is 0.158. The highest BCUT2D eigenvalue weighted by molar-refractivity contribution is 7.16. The highest BCUT2D eigenvalue weighted by Crippen LogP contribution is 2.32. The van der Waals surface area contributed by atoms with Crippen molar-refractivity contribution < 1.29 is 17.9 Å². The fraction of sp³-hybridized carbons (Fsp3) is 0.480. The number of alkyl halides is 3. The first-order valence-corrected chi connectivity index (χ1v) is 12.1. The van der Waals surface area contributed by atoms with Gasteiger partial charge >= 0.3 is 6.36 Å². The van der Waals surface area contributed by atoms with Gasteiger partial charge in [0, 0.05) is 13.1 Å². The molecule has 0 atom stereocenters. The molecule has 1 aromatic heterocycles. The first-order chi connectivity index (χ1) is 15.5. The van der Waals surface area contributed by atoms with Crippen molar-refractivity contribution >= 4 is 27.2 Å². The summed E-state index contributed by atoms with van der Waals surface area (Å²) in [6.45, 7) is 2.19. The van der Waals surface area contributed by atoms with Crippen molar-refractivity contribution in [2.75, 3.05) is 18.0 Å². The van der Waals surface area contributed by atoms with Crippen molar-refractivity contribution in [2.45, 2.75) is 57.7 Å².